The molecular weight excluding hydrogens is 424 g/mol. The Morgan fingerprint density at radius 1 is 1.25 bits per heavy atom. The van der Waals surface area contributed by atoms with E-state index in [1.165, 1.54) is 11.3 Å². The van der Waals surface area contributed by atoms with Crippen LogP contribution in [0.5, 0.6) is 0 Å². The van der Waals surface area contributed by atoms with E-state index in [1.54, 1.807) is 23.7 Å². The van der Waals surface area contributed by atoms with E-state index < -0.39 is 0 Å². The highest BCUT2D eigenvalue weighted by Gasteiger charge is 2.18. The van der Waals surface area contributed by atoms with Crippen LogP contribution in [-0.2, 0) is 4.79 Å². The Morgan fingerprint density at radius 2 is 2.03 bits per heavy atom. The fourth-order valence-electron chi connectivity index (χ4n) is 3.48. The van der Waals surface area contributed by atoms with Gasteiger partial charge < -0.3 is 10.3 Å². The number of hydrogen-bond acceptors (Lipinski definition) is 6. The summed E-state index contributed by atoms with van der Waals surface area (Å²) in [5.41, 5.74) is 1.68. The quantitative estimate of drug-likeness (QED) is 0.534. The number of hydrogen-bond donors (Lipinski definition) is 3. The number of allylic oxidation sites excluding steroid dienone is 3. The van der Waals surface area contributed by atoms with Crippen molar-refractivity contribution < 1.29 is 9.59 Å². The third kappa shape index (κ3) is 6.48. The molecule has 0 aliphatic heterocycles. The molecule has 170 valence electrons. The summed E-state index contributed by atoms with van der Waals surface area (Å²) in [6.07, 6.45) is 7.67. The number of amides is 2. The van der Waals surface area contributed by atoms with Gasteiger partial charge in [0.15, 0.2) is 5.13 Å². The maximum Gasteiger partial charge on any atom is 0.270 e. The molecule has 0 saturated heterocycles. The van der Waals surface area contributed by atoms with Crippen molar-refractivity contribution in [2.24, 2.45) is 4.99 Å². The minimum Gasteiger partial charge on any atom is -0.349 e. The first kappa shape index (κ1) is 23.6. The molecule has 0 saturated carbocycles. The van der Waals surface area contributed by atoms with Crippen molar-refractivity contribution in [3.8, 4) is 0 Å². The second-order valence-electron chi connectivity index (χ2n) is 8.06. The molecule has 0 unspecified atom stereocenters. The number of rotatable bonds is 9. The number of aliphatic imine (C=N–C) groups is 1. The number of carbonyl (C=O) groups excluding carboxylic acids is 2. The molecule has 0 spiro atoms. The third-order valence-electron chi connectivity index (χ3n) is 5.03. The molecule has 2 amide bonds. The van der Waals surface area contributed by atoms with Crippen LogP contribution in [0.25, 0.3) is 0 Å². The van der Waals surface area contributed by atoms with Gasteiger partial charge in [-0.15, -0.1) is 11.3 Å². The minimum absolute atomic E-state index is 0.241. The summed E-state index contributed by atoms with van der Waals surface area (Å²) in [7, 11) is 0. The Balaban J connectivity index is 1.52. The fourth-order valence-corrected chi connectivity index (χ4v) is 4.17. The Morgan fingerprint density at radius 3 is 2.72 bits per heavy atom. The van der Waals surface area contributed by atoms with Crippen molar-refractivity contribution in [1.82, 2.24) is 20.2 Å². The van der Waals surface area contributed by atoms with E-state index in [-0.39, 0.29) is 11.8 Å². The van der Waals surface area contributed by atoms with Gasteiger partial charge >= 0.3 is 0 Å². The molecule has 3 N–H and O–H groups in total. The Kier molecular flexibility index (Phi) is 8.13. The lowest BCUT2D eigenvalue weighted by atomic mass is 10.0. The predicted molar refractivity (Wildman–Crippen MR) is 130 cm³/mol. The van der Waals surface area contributed by atoms with Crippen LogP contribution in [0, 0.1) is 0 Å². The average molecular weight is 455 g/mol. The van der Waals surface area contributed by atoms with Crippen LogP contribution in [0.2, 0.25) is 0 Å². The van der Waals surface area contributed by atoms with Crippen LogP contribution in [0.1, 0.15) is 44.6 Å². The molecule has 9 heteroatoms. The number of anilines is 1. The maximum absolute atomic E-state index is 12.7. The predicted octanol–water partition coefficient (Wildman–Crippen LogP) is 3.92. The molecule has 0 radical (unpaired) electrons. The lowest BCUT2D eigenvalue weighted by molar-refractivity contribution is -0.112. The van der Waals surface area contributed by atoms with Crippen LogP contribution in [0.15, 0.2) is 52.5 Å². The molecule has 0 aromatic carbocycles. The SMILES string of the molecule is CC(C)N(CCNC(=O)c1csc(NC(=O)C2=CC=CC(=Nc3ccc[nH]3)C2)n1)C(C)C. The zero-order chi connectivity index (χ0) is 23.1. The summed E-state index contributed by atoms with van der Waals surface area (Å²) in [4.78, 5) is 39.2. The van der Waals surface area contributed by atoms with Crippen LogP contribution in [0.3, 0.4) is 0 Å². The molecule has 0 atom stereocenters. The van der Waals surface area contributed by atoms with Crippen molar-refractivity contribution in [2.45, 2.75) is 46.2 Å². The summed E-state index contributed by atoms with van der Waals surface area (Å²) in [5, 5.41) is 7.74. The molecule has 1 aliphatic rings. The number of thiazole rings is 1. The van der Waals surface area contributed by atoms with Crippen LogP contribution in [-0.4, -0.2) is 57.6 Å². The van der Waals surface area contributed by atoms with Gasteiger partial charge in [-0.25, -0.2) is 9.98 Å². The van der Waals surface area contributed by atoms with Crippen molar-refractivity contribution >= 4 is 39.8 Å². The van der Waals surface area contributed by atoms with Gasteiger partial charge in [0.05, 0.1) is 0 Å². The molecule has 8 nitrogen and oxygen atoms in total. The smallest absolute Gasteiger partial charge is 0.270 e. The molecule has 2 aromatic rings. The van der Waals surface area contributed by atoms with Crippen molar-refractivity contribution in [1.29, 1.82) is 0 Å². The first-order valence-corrected chi connectivity index (χ1v) is 11.6. The lowest BCUT2D eigenvalue weighted by Crippen LogP contribution is -2.42. The third-order valence-corrected chi connectivity index (χ3v) is 5.79. The number of nitrogens with one attached hydrogen (secondary N) is 3. The Bertz CT molecular complexity index is 1010. The van der Waals surface area contributed by atoms with Gasteiger partial charge in [-0.05, 0) is 45.9 Å². The monoisotopic (exact) mass is 454 g/mol. The van der Waals surface area contributed by atoms with Gasteiger partial charge in [0.1, 0.15) is 11.5 Å². The number of aromatic amines is 1. The summed E-state index contributed by atoms with van der Waals surface area (Å²) >= 11 is 1.23. The van der Waals surface area contributed by atoms with Crippen LogP contribution in [0.4, 0.5) is 10.9 Å². The van der Waals surface area contributed by atoms with E-state index in [0.29, 0.717) is 41.4 Å². The lowest BCUT2D eigenvalue weighted by Gasteiger charge is -2.30. The highest BCUT2D eigenvalue weighted by molar-refractivity contribution is 7.14. The van der Waals surface area contributed by atoms with E-state index in [1.807, 2.05) is 18.2 Å². The molecule has 0 fully saturated rings. The molecule has 0 bridgehead atoms. The van der Waals surface area contributed by atoms with Crippen LogP contribution >= 0.6 is 11.3 Å². The van der Waals surface area contributed by atoms with Gasteiger partial charge in [-0.2, -0.15) is 0 Å². The molecule has 2 heterocycles. The normalized spacial score (nSPS) is 15.0. The second-order valence-corrected chi connectivity index (χ2v) is 8.92. The Hall–Kier alpha value is -3.04. The van der Waals surface area contributed by atoms with Crippen molar-refractivity contribution in [3.63, 3.8) is 0 Å². The number of aromatic nitrogens is 2. The van der Waals surface area contributed by atoms with Gasteiger partial charge in [0.2, 0.25) is 0 Å². The summed E-state index contributed by atoms with van der Waals surface area (Å²) < 4.78 is 0. The maximum atomic E-state index is 12.7. The molecular formula is C23H30N6O2S. The van der Waals surface area contributed by atoms with Gasteiger partial charge in [0, 0.05) is 54.5 Å². The number of H-pyrrole nitrogens is 1. The summed E-state index contributed by atoms with van der Waals surface area (Å²) in [6, 6.07) is 4.55. The van der Waals surface area contributed by atoms with E-state index in [9.17, 15) is 9.59 Å². The number of carbonyl (C=O) groups is 2. The minimum atomic E-state index is -0.251. The fraction of sp³-hybridized carbons (Fsp3) is 0.391. The highest BCUT2D eigenvalue weighted by atomic mass is 32.1. The van der Waals surface area contributed by atoms with E-state index in [0.717, 1.165) is 18.1 Å². The average Bonchev–Trinajstić information content (AvgIpc) is 3.43. The molecule has 32 heavy (non-hydrogen) atoms. The second kappa shape index (κ2) is 11.0. The van der Waals surface area contributed by atoms with Gasteiger partial charge in [0.25, 0.3) is 11.8 Å². The number of nitrogens with zero attached hydrogens (tertiary/aromatic N) is 3. The largest absolute Gasteiger partial charge is 0.349 e. The first-order chi connectivity index (χ1) is 15.3. The standard InChI is InChI=1S/C23H30N6O2S/c1-15(2)29(16(3)4)12-11-25-22(31)19-14-32-23(27-19)28-21(30)17-7-5-8-18(13-17)26-20-9-6-10-24-20/h5-10,14-16,24H,11-13H2,1-4H3,(H,25,31)(H,27,28,30). The van der Waals surface area contributed by atoms with Crippen molar-refractivity contribution in [3.05, 3.63) is 53.2 Å². The Labute approximate surface area is 192 Å². The van der Waals surface area contributed by atoms with E-state index >= 15 is 0 Å². The zero-order valence-electron chi connectivity index (χ0n) is 18.9. The van der Waals surface area contributed by atoms with Crippen molar-refractivity contribution in [2.75, 3.05) is 18.4 Å². The van der Waals surface area contributed by atoms with E-state index in [2.05, 4.69) is 58.2 Å². The van der Waals surface area contributed by atoms with Gasteiger partial charge in [-0.1, -0.05) is 12.2 Å². The van der Waals surface area contributed by atoms with Crippen LogP contribution < -0.4 is 10.6 Å². The first-order valence-electron chi connectivity index (χ1n) is 10.7. The van der Waals surface area contributed by atoms with Gasteiger partial charge in [-0.3, -0.25) is 19.8 Å². The molecule has 2 aromatic heterocycles. The topological polar surface area (TPSA) is 102 Å². The highest BCUT2D eigenvalue weighted by Crippen LogP contribution is 2.20. The molecule has 3 rings (SSSR count). The summed E-state index contributed by atoms with van der Waals surface area (Å²) in [6.45, 7) is 9.88. The zero-order valence-corrected chi connectivity index (χ0v) is 19.7. The summed E-state index contributed by atoms with van der Waals surface area (Å²) in [5.74, 6) is 0.251. The van der Waals surface area contributed by atoms with E-state index in [4.69, 9.17) is 0 Å². The molecule has 1 aliphatic carbocycles.